The zero-order chi connectivity index (χ0) is 15.3. The van der Waals surface area contributed by atoms with E-state index in [9.17, 15) is 9.59 Å². The molecule has 3 heterocycles. The monoisotopic (exact) mass is 295 g/mol. The summed E-state index contributed by atoms with van der Waals surface area (Å²) in [6.45, 7) is 0.958. The summed E-state index contributed by atoms with van der Waals surface area (Å²) in [6, 6.07) is 7.39. The molecule has 3 aliphatic rings. The Hall–Kier alpha value is -2.32. The normalized spacial score (nSPS) is 30.1. The maximum Gasteiger partial charge on any atom is 0.273 e. The van der Waals surface area contributed by atoms with Gasteiger partial charge in [-0.05, 0) is 18.9 Å². The van der Waals surface area contributed by atoms with E-state index in [4.69, 9.17) is 6.42 Å². The van der Waals surface area contributed by atoms with Crippen molar-refractivity contribution in [2.24, 2.45) is 0 Å². The molecule has 1 N–H and O–H groups in total. The number of carbonyl (C=O) groups excluding carboxylic acids is 2. The van der Waals surface area contributed by atoms with Gasteiger partial charge in [0.25, 0.3) is 5.91 Å². The number of nitrogens with zero attached hydrogens (tertiary/aromatic N) is 2. The molecule has 22 heavy (non-hydrogen) atoms. The quantitative estimate of drug-likeness (QED) is 0.780. The van der Waals surface area contributed by atoms with Crippen molar-refractivity contribution >= 4 is 17.5 Å². The standard InChI is InChI=1S/C17H17N3O2/c1-2-10-19-13-8-4-3-7-12(13)17(16(19)22)18-15(21)14-9-5-6-11-20(14)17/h1,3-4,7-8,14H,5-6,9-11H2,(H,18,21). The van der Waals surface area contributed by atoms with Crippen LogP contribution in [0.3, 0.4) is 0 Å². The minimum atomic E-state index is -1.06. The number of piperidine rings is 1. The first kappa shape index (κ1) is 13.4. The second-order valence-corrected chi connectivity index (χ2v) is 6.02. The molecule has 2 fully saturated rings. The highest BCUT2D eigenvalue weighted by molar-refractivity contribution is 6.11. The fourth-order valence-electron chi connectivity index (χ4n) is 4.02. The third-order valence-corrected chi connectivity index (χ3v) is 4.93. The number of para-hydroxylation sites is 1. The smallest absolute Gasteiger partial charge is 0.273 e. The molecular weight excluding hydrogens is 278 g/mol. The summed E-state index contributed by atoms with van der Waals surface area (Å²) in [6.07, 6.45) is 8.25. The van der Waals surface area contributed by atoms with E-state index in [0.717, 1.165) is 37.1 Å². The fourth-order valence-corrected chi connectivity index (χ4v) is 4.02. The van der Waals surface area contributed by atoms with Gasteiger partial charge in [-0.15, -0.1) is 6.42 Å². The summed E-state index contributed by atoms with van der Waals surface area (Å²) in [5.41, 5.74) is 0.584. The molecule has 0 bridgehead atoms. The van der Waals surface area contributed by atoms with Crippen molar-refractivity contribution in [3.8, 4) is 12.3 Å². The molecule has 3 aliphatic heterocycles. The summed E-state index contributed by atoms with van der Waals surface area (Å²) in [7, 11) is 0. The van der Waals surface area contributed by atoms with Gasteiger partial charge in [0.15, 0.2) is 0 Å². The Morgan fingerprint density at radius 2 is 2.14 bits per heavy atom. The Morgan fingerprint density at radius 3 is 2.95 bits per heavy atom. The first-order chi connectivity index (χ1) is 10.7. The van der Waals surface area contributed by atoms with Crippen LogP contribution in [0.2, 0.25) is 0 Å². The van der Waals surface area contributed by atoms with Gasteiger partial charge in [0.1, 0.15) is 0 Å². The lowest BCUT2D eigenvalue weighted by atomic mass is 9.96. The third kappa shape index (κ3) is 1.48. The van der Waals surface area contributed by atoms with Crippen molar-refractivity contribution in [2.45, 2.75) is 31.0 Å². The Bertz CT molecular complexity index is 708. The zero-order valence-electron chi connectivity index (χ0n) is 12.2. The van der Waals surface area contributed by atoms with Gasteiger partial charge in [0.05, 0.1) is 18.3 Å². The van der Waals surface area contributed by atoms with Crippen LogP contribution < -0.4 is 10.2 Å². The maximum absolute atomic E-state index is 13.2. The lowest BCUT2D eigenvalue weighted by molar-refractivity contribution is -0.131. The number of benzene rings is 1. The summed E-state index contributed by atoms with van der Waals surface area (Å²) in [5, 5.41) is 2.99. The summed E-state index contributed by atoms with van der Waals surface area (Å²) in [5.74, 6) is 2.36. The van der Waals surface area contributed by atoms with Crippen molar-refractivity contribution in [1.82, 2.24) is 10.2 Å². The molecule has 5 nitrogen and oxygen atoms in total. The van der Waals surface area contributed by atoms with Gasteiger partial charge in [-0.2, -0.15) is 0 Å². The minimum absolute atomic E-state index is 0.0505. The number of amides is 2. The first-order valence-electron chi connectivity index (χ1n) is 7.64. The van der Waals surface area contributed by atoms with Crippen molar-refractivity contribution in [2.75, 3.05) is 18.0 Å². The van der Waals surface area contributed by atoms with E-state index in [1.54, 1.807) is 4.90 Å². The van der Waals surface area contributed by atoms with Crippen LogP contribution in [-0.4, -0.2) is 35.8 Å². The molecular formula is C17H17N3O2. The molecule has 2 amide bonds. The van der Waals surface area contributed by atoms with Gasteiger partial charge in [0.2, 0.25) is 11.6 Å². The summed E-state index contributed by atoms with van der Waals surface area (Å²) >= 11 is 0. The Kier molecular flexibility index (Phi) is 2.78. The van der Waals surface area contributed by atoms with Gasteiger partial charge < -0.3 is 5.32 Å². The number of rotatable bonds is 1. The average molecular weight is 295 g/mol. The van der Waals surface area contributed by atoms with Crippen molar-refractivity contribution < 1.29 is 9.59 Å². The van der Waals surface area contributed by atoms with E-state index < -0.39 is 5.66 Å². The van der Waals surface area contributed by atoms with Gasteiger partial charge in [-0.3, -0.25) is 19.4 Å². The molecule has 0 aliphatic carbocycles. The van der Waals surface area contributed by atoms with Crippen LogP contribution in [0.15, 0.2) is 24.3 Å². The number of nitrogens with one attached hydrogen (secondary N) is 1. The third-order valence-electron chi connectivity index (χ3n) is 4.93. The molecule has 2 saturated heterocycles. The molecule has 5 heteroatoms. The van der Waals surface area contributed by atoms with E-state index in [2.05, 4.69) is 11.2 Å². The van der Waals surface area contributed by atoms with Crippen LogP contribution in [0.25, 0.3) is 0 Å². The highest BCUT2D eigenvalue weighted by Gasteiger charge is 2.62. The van der Waals surface area contributed by atoms with Crippen LogP contribution in [0.1, 0.15) is 24.8 Å². The van der Waals surface area contributed by atoms with Gasteiger partial charge in [-0.25, -0.2) is 0 Å². The number of anilines is 1. The predicted molar refractivity (Wildman–Crippen MR) is 81.8 cm³/mol. The molecule has 4 rings (SSSR count). The molecule has 112 valence electrons. The maximum atomic E-state index is 13.2. The number of hydrogen-bond donors (Lipinski definition) is 1. The van der Waals surface area contributed by atoms with Crippen LogP contribution >= 0.6 is 0 Å². The van der Waals surface area contributed by atoms with Gasteiger partial charge >= 0.3 is 0 Å². The highest BCUT2D eigenvalue weighted by atomic mass is 16.2. The molecule has 0 radical (unpaired) electrons. The molecule has 0 saturated carbocycles. The van der Waals surface area contributed by atoms with E-state index in [1.165, 1.54) is 0 Å². The van der Waals surface area contributed by atoms with Gasteiger partial charge in [0, 0.05) is 12.1 Å². The molecule has 1 aromatic rings. The molecule has 2 unspecified atom stereocenters. The SMILES string of the molecule is C#CCN1C(=O)C2(NC(=O)C3CCCCN32)c2ccccc21. The number of terminal acetylenes is 1. The summed E-state index contributed by atoms with van der Waals surface area (Å²) in [4.78, 5) is 29.2. The number of fused-ring (bicyclic) bond motifs is 4. The van der Waals surface area contributed by atoms with Crippen molar-refractivity contribution in [1.29, 1.82) is 0 Å². The fraction of sp³-hybridized carbons (Fsp3) is 0.412. The summed E-state index contributed by atoms with van der Waals surface area (Å²) < 4.78 is 0. The number of hydrogen-bond acceptors (Lipinski definition) is 3. The van der Waals surface area contributed by atoms with E-state index in [0.29, 0.717) is 0 Å². The Morgan fingerprint density at radius 1 is 1.32 bits per heavy atom. The highest BCUT2D eigenvalue weighted by Crippen LogP contribution is 2.47. The Balaban J connectivity index is 1.90. The van der Waals surface area contributed by atoms with Crippen molar-refractivity contribution in [3.05, 3.63) is 29.8 Å². The van der Waals surface area contributed by atoms with Crippen LogP contribution in [0, 0.1) is 12.3 Å². The molecule has 0 aromatic heterocycles. The van der Waals surface area contributed by atoms with E-state index in [-0.39, 0.29) is 24.4 Å². The minimum Gasteiger partial charge on any atom is -0.325 e. The molecule has 1 spiro atoms. The number of carbonyl (C=O) groups is 2. The van der Waals surface area contributed by atoms with Crippen LogP contribution in [0.5, 0.6) is 0 Å². The second-order valence-electron chi connectivity index (χ2n) is 6.02. The average Bonchev–Trinajstić information content (AvgIpc) is 2.98. The lowest BCUT2D eigenvalue weighted by Gasteiger charge is -2.37. The van der Waals surface area contributed by atoms with Gasteiger partial charge in [-0.1, -0.05) is 30.5 Å². The van der Waals surface area contributed by atoms with E-state index in [1.807, 2.05) is 29.2 Å². The predicted octanol–water partition coefficient (Wildman–Crippen LogP) is 0.804. The largest absolute Gasteiger partial charge is 0.325 e. The lowest BCUT2D eigenvalue weighted by Crippen LogP contribution is -2.57. The molecule has 2 atom stereocenters. The first-order valence-corrected chi connectivity index (χ1v) is 7.64. The zero-order valence-corrected chi connectivity index (χ0v) is 12.2. The molecule has 1 aromatic carbocycles. The van der Waals surface area contributed by atoms with Crippen LogP contribution in [-0.2, 0) is 15.3 Å². The Labute approximate surface area is 129 Å². The van der Waals surface area contributed by atoms with Crippen LogP contribution in [0.4, 0.5) is 5.69 Å². The van der Waals surface area contributed by atoms with Crippen molar-refractivity contribution in [3.63, 3.8) is 0 Å². The second kappa shape index (κ2) is 4.59. The topological polar surface area (TPSA) is 52.7 Å². The van der Waals surface area contributed by atoms with E-state index >= 15 is 0 Å².